The van der Waals surface area contributed by atoms with Crippen molar-refractivity contribution in [3.8, 4) is 11.5 Å². The topological polar surface area (TPSA) is 35.5 Å². The number of hydrogen-bond acceptors (Lipinski definition) is 4. The van der Waals surface area contributed by atoms with Gasteiger partial charge in [-0.25, -0.2) is 0 Å². The molecule has 0 N–H and O–H groups in total. The fourth-order valence-corrected chi connectivity index (χ4v) is 6.79. The van der Waals surface area contributed by atoms with E-state index in [-0.39, 0.29) is 5.78 Å². The number of hydrogen-bond donors (Lipinski definition) is 0. The molecule has 0 radical (unpaired) electrons. The Morgan fingerprint density at radius 2 is 0.958 bits per heavy atom. The van der Waals surface area contributed by atoms with Crippen LogP contribution in [0.5, 0.6) is 11.5 Å². The molecule has 0 spiro atoms. The molecule has 0 atom stereocenters. The van der Waals surface area contributed by atoms with Crippen LogP contribution in [0.4, 0.5) is 0 Å². The molecular formula is C44H70O3S. The molecule has 0 saturated carbocycles. The summed E-state index contributed by atoms with van der Waals surface area (Å²) in [7, 11) is 0. The minimum Gasteiger partial charge on any atom is -0.493 e. The van der Waals surface area contributed by atoms with Crippen molar-refractivity contribution >= 4 is 23.6 Å². The molecule has 2 rings (SSSR count). The first kappa shape index (κ1) is 42.0. The van der Waals surface area contributed by atoms with Crippen LogP contribution >= 0.6 is 11.8 Å². The van der Waals surface area contributed by atoms with Crippen LogP contribution in [0.1, 0.15) is 184 Å². The molecule has 0 heterocycles. The fraction of sp³-hybridized carbons (Fsp3) is 0.659. The molecule has 3 nitrogen and oxygen atoms in total. The number of allylic oxidation sites excluding steroid dienone is 1. The third-order valence-electron chi connectivity index (χ3n) is 9.02. The van der Waals surface area contributed by atoms with E-state index in [1.54, 1.807) is 6.08 Å². The molecule has 4 heteroatoms. The van der Waals surface area contributed by atoms with Crippen LogP contribution in [0.3, 0.4) is 0 Å². The lowest BCUT2D eigenvalue weighted by Crippen LogP contribution is -2.00. The smallest absolute Gasteiger partial charge is 0.185 e. The Morgan fingerprint density at radius 1 is 0.542 bits per heavy atom. The number of ether oxygens (including phenoxy) is 2. The number of benzene rings is 2. The highest BCUT2D eigenvalue weighted by Crippen LogP contribution is 2.25. The van der Waals surface area contributed by atoms with Crippen LogP contribution in [0, 0.1) is 0 Å². The normalized spacial score (nSPS) is 11.4. The summed E-state index contributed by atoms with van der Waals surface area (Å²) in [6, 6.07) is 14.0. The second-order valence-corrected chi connectivity index (χ2v) is 14.7. The SMILES string of the molecule is CCCCCCCCCCCCCCCCCCCCCSc1ccc(C(=O)C=Cc2cc(OCCCC)cc(OCCCC)c2)cc1. The predicted octanol–water partition coefficient (Wildman–Crippen LogP) is 14.5. The average Bonchev–Trinajstić information content (AvgIpc) is 3.10. The second-order valence-electron chi connectivity index (χ2n) is 13.6. The summed E-state index contributed by atoms with van der Waals surface area (Å²) in [6.45, 7) is 7.97. The Kier molecular flexibility index (Phi) is 26.0. The highest BCUT2D eigenvalue weighted by Gasteiger charge is 2.06. The Bertz CT molecular complexity index is 1050. The summed E-state index contributed by atoms with van der Waals surface area (Å²) < 4.78 is 11.9. The van der Waals surface area contributed by atoms with Crippen LogP contribution < -0.4 is 9.47 Å². The van der Waals surface area contributed by atoms with Crippen LogP contribution in [0.25, 0.3) is 6.08 Å². The van der Waals surface area contributed by atoms with E-state index < -0.39 is 0 Å². The zero-order valence-corrected chi connectivity index (χ0v) is 32.0. The van der Waals surface area contributed by atoms with E-state index in [4.69, 9.17) is 9.47 Å². The van der Waals surface area contributed by atoms with Crippen molar-refractivity contribution < 1.29 is 14.3 Å². The molecule has 0 amide bonds. The number of ketones is 1. The summed E-state index contributed by atoms with van der Waals surface area (Å²) in [6.07, 6.45) is 34.6. The van der Waals surface area contributed by atoms with E-state index in [9.17, 15) is 4.79 Å². The molecule has 270 valence electrons. The molecule has 0 aliphatic carbocycles. The van der Waals surface area contributed by atoms with Crippen LogP contribution in [-0.2, 0) is 0 Å². The Morgan fingerprint density at radius 3 is 1.40 bits per heavy atom. The number of carbonyl (C=O) groups excluding carboxylic acids is 1. The van der Waals surface area contributed by atoms with Crippen molar-refractivity contribution in [3.05, 3.63) is 59.7 Å². The zero-order chi connectivity index (χ0) is 34.3. The molecular weight excluding hydrogens is 609 g/mol. The second kappa shape index (κ2) is 29.7. The maximum absolute atomic E-state index is 12.9. The maximum atomic E-state index is 12.9. The number of rotatable bonds is 32. The lowest BCUT2D eigenvalue weighted by atomic mass is 10.0. The zero-order valence-electron chi connectivity index (χ0n) is 31.2. The van der Waals surface area contributed by atoms with Gasteiger partial charge in [-0.3, -0.25) is 4.79 Å². The van der Waals surface area contributed by atoms with Crippen LogP contribution in [0.15, 0.2) is 53.4 Å². The molecule has 0 aromatic heterocycles. The van der Waals surface area contributed by atoms with Crippen molar-refractivity contribution in [2.75, 3.05) is 19.0 Å². The van der Waals surface area contributed by atoms with Gasteiger partial charge in [0.05, 0.1) is 13.2 Å². The Hall–Kier alpha value is -2.20. The van der Waals surface area contributed by atoms with E-state index in [0.29, 0.717) is 18.8 Å². The molecule has 0 aliphatic heterocycles. The first-order valence-electron chi connectivity index (χ1n) is 20.0. The molecule has 0 saturated heterocycles. The van der Waals surface area contributed by atoms with E-state index in [0.717, 1.165) is 48.5 Å². The largest absolute Gasteiger partial charge is 0.493 e. The minimum absolute atomic E-state index is 0.0103. The van der Waals surface area contributed by atoms with Crippen molar-refractivity contribution in [1.82, 2.24) is 0 Å². The van der Waals surface area contributed by atoms with Gasteiger partial charge in [0, 0.05) is 16.5 Å². The molecule has 0 aliphatic rings. The van der Waals surface area contributed by atoms with Crippen molar-refractivity contribution in [3.63, 3.8) is 0 Å². The van der Waals surface area contributed by atoms with Crippen LogP contribution in [0.2, 0.25) is 0 Å². The highest BCUT2D eigenvalue weighted by atomic mass is 32.2. The lowest BCUT2D eigenvalue weighted by Gasteiger charge is -2.11. The third-order valence-corrected chi connectivity index (χ3v) is 10.1. The predicted molar refractivity (Wildman–Crippen MR) is 211 cm³/mol. The molecule has 0 bridgehead atoms. The van der Waals surface area contributed by atoms with Gasteiger partial charge in [0.2, 0.25) is 0 Å². The molecule has 0 fully saturated rings. The summed E-state index contributed by atoms with van der Waals surface area (Å²) in [4.78, 5) is 14.2. The minimum atomic E-state index is 0.0103. The fourth-order valence-electron chi connectivity index (χ4n) is 5.88. The van der Waals surface area contributed by atoms with E-state index in [1.165, 1.54) is 127 Å². The van der Waals surface area contributed by atoms with Gasteiger partial charge in [0.1, 0.15) is 11.5 Å². The lowest BCUT2D eigenvalue weighted by molar-refractivity contribution is 0.104. The number of thioether (sulfide) groups is 1. The first-order chi connectivity index (χ1) is 23.7. The maximum Gasteiger partial charge on any atom is 0.185 e. The van der Waals surface area contributed by atoms with Gasteiger partial charge in [0.15, 0.2) is 5.78 Å². The van der Waals surface area contributed by atoms with E-state index in [1.807, 2.05) is 48.2 Å². The summed E-state index contributed by atoms with van der Waals surface area (Å²) in [5.41, 5.74) is 1.63. The van der Waals surface area contributed by atoms with Gasteiger partial charge in [0.25, 0.3) is 0 Å². The van der Waals surface area contributed by atoms with Gasteiger partial charge in [-0.05, 0) is 73.1 Å². The number of carbonyl (C=O) groups is 1. The summed E-state index contributed by atoms with van der Waals surface area (Å²) in [5.74, 6) is 2.73. The van der Waals surface area contributed by atoms with Crippen molar-refractivity contribution in [2.45, 2.75) is 173 Å². The van der Waals surface area contributed by atoms with Gasteiger partial charge >= 0.3 is 0 Å². The van der Waals surface area contributed by atoms with E-state index in [2.05, 4.69) is 32.9 Å². The van der Waals surface area contributed by atoms with Gasteiger partial charge in [-0.2, -0.15) is 0 Å². The summed E-state index contributed by atoms with van der Waals surface area (Å²) in [5, 5.41) is 0. The van der Waals surface area contributed by atoms with Crippen LogP contribution in [-0.4, -0.2) is 24.7 Å². The standard InChI is InChI=1S/C44H70O3S/c1-4-7-10-11-12-13-14-15-16-17-18-19-20-21-22-23-24-25-26-35-48-43-30-28-40(29-31-43)44(45)32-27-39-36-41(46-33-8-5-2)38-42(37-39)47-34-9-6-3/h27-32,36-38H,4-26,33-35H2,1-3H3. The summed E-state index contributed by atoms with van der Waals surface area (Å²) >= 11 is 1.90. The van der Waals surface area contributed by atoms with Gasteiger partial charge in [-0.15, -0.1) is 11.8 Å². The van der Waals surface area contributed by atoms with Gasteiger partial charge in [-0.1, -0.05) is 155 Å². The highest BCUT2D eigenvalue weighted by molar-refractivity contribution is 7.99. The van der Waals surface area contributed by atoms with Crippen molar-refractivity contribution in [2.24, 2.45) is 0 Å². The quantitative estimate of drug-likeness (QED) is 0.0334. The van der Waals surface area contributed by atoms with E-state index >= 15 is 0 Å². The van der Waals surface area contributed by atoms with Gasteiger partial charge < -0.3 is 9.47 Å². The monoisotopic (exact) mass is 679 g/mol. The third kappa shape index (κ3) is 21.7. The molecule has 48 heavy (non-hydrogen) atoms. The molecule has 0 unspecified atom stereocenters. The molecule has 2 aromatic carbocycles. The first-order valence-corrected chi connectivity index (χ1v) is 21.0. The number of unbranched alkanes of at least 4 members (excludes halogenated alkanes) is 20. The Labute approximate surface area is 300 Å². The Balaban J connectivity index is 1.54. The average molecular weight is 679 g/mol. The van der Waals surface area contributed by atoms with Crippen molar-refractivity contribution in [1.29, 1.82) is 0 Å². The molecule has 2 aromatic rings.